The number of rotatable bonds is 7. The summed E-state index contributed by atoms with van der Waals surface area (Å²) in [6, 6.07) is 21.6. The third-order valence-corrected chi connectivity index (χ3v) is 10.4. The lowest BCUT2D eigenvalue weighted by molar-refractivity contribution is 0.0985. The molecule has 0 unspecified atom stereocenters. The van der Waals surface area contributed by atoms with Gasteiger partial charge in [-0.15, -0.1) is 0 Å². The van der Waals surface area contributed by atoms with Gasteiger partial charge in [0.15, 0.2) is 5.13 Å². The Morgan fingerprint density at radius 3 is 2.54 bits per heavy atom. The molecule has 208 valence electrons. The van der Waals surface area contributed by atoms with E-state index in [9.17, 15) is 13.2 Å². The van der Waals surface area contributed by atoms with Gasteiger partial charge in [0.2, 0.25) is 10.0 Å². The molecule has 0 fully saturated rings. The number of thiazole rings is 1. The van der Waals surface area contributed by atoms with Gasteiger partial charge in [0.05, 0.1) is 23.2 Å². The highest BCUT2D eigenvalue weighted by Crippen LogP contribution is 2.37. The number of hydrogen-bond acceptors (Lipinski definition) is 7. The summed E-state index contributed by atoms with van der Waals surface area (Å²) < 4.78 is 34.9. The molecule has 0 spiro atoms. The van der Waals surface area contributed by atoms with Gasteiger partial charge in [-0.25, -0.2) is 13.4 Å². The van der Waals surface area contributed by atoms with E-state index in [2.05, 4.69) is 4.98 Å². The fourth-order valence-electron chi connectivity index (χ4n) is 5.03. The van der Waals surface area contributed by atoms with E-state index in [0.717, 1.165) is 21.4 Å². The molecule has 8 nitrogen and oxygen atoms in total. The molecule has 0 atom stereocenters. The Hall–Kier alpha value is -4.12. The van der Waals surface area contributed by atoms with E-state index in [1.165, 1.54) is 33.3 Å². The second-order valence-corrected chi connectivity index (χ2v) is 12.8. The number of carbonyl (C=O) groups is 1. The van der Waals surface area contributed by atoms with Gasteiger partial charge >= 0.3 is 0 Å². The van der Waals surface area contributed by atoms with Crippen molar-refractivity contribution in [3.63, 3.8) is 0 Å². The molecule has 41 heavy (non-hydrogen) atoms. The zero-order valence-electron chi connectivity index (χ0n) is 22.6. The number of anilines is 1. The summed E-state index contributed by atoms with van der Waals surface area (Å²) in [5.74, 6) is 0.345. The van der Waals surface area contributed by atoms with Crippen LogP contribution in [0.25, 0.3) is 10.2 Å². The van der Waals surface area contributed by atoms with Gasteiger partial charge in [-0.05, 0) is 72.0 Å². The number of hydrogen-bond donors (Lipinski definition) is 0. The Balaban J connectivity index is 1.32. The summed E-state index contributed by atoms with van der Waals surface area (Å²) in [5, 5.41) is 0.519. The van der Waals surface area contributed by atoms with Crippen molar-refractivity contribution in [1.29, 1.82) is 0 Å². The molecule has 3 aromatic carbocycles. The Kier molecular flexibility index (Phi) is 7.29. The monoisotopic (exact) mass is 584 g/mol. The molecule has 1 aliphatic heterocycles. The fraction of sp³-hybridized carbons (Fsp3) is 0.194. The molecule has 0 saturated carbocycles. The highest BCUT2D eigenvalue weighted by Gasteiger charge is 2.29. The molecule has 1 aliphatic rings. The van der Waals surface area contributed by atoms with Crippen molar-refractivity contribution in [3.8, 4) is 5.75 Å². The first-order valence-corrected chi connectivity index (χ1v) is 15.4. The maximum Gasteiger partial charge on any atom is 0.260 e. The lowest BCUT2D eigenvalue weighted by Crippen LogP contribution is -2.36. The van der Waals surface area contributed by atoms with Crippen LogP contribution in [0.5, 0.6) is 5.75 Å². The van der Waals surface area contributed by atoms with Gasteiger partial charge in [-0.1, -0.05) is 47.7 Å². The number of benzene rings is 3. The summed E-state index contributed by atoms with van der Waals surface area (Å²) in [7, 11) is -2.12. The molecule has 0 N–H and O–H groups in total. The van der Waals surface area contributed by atoms with Crippen LogP contribution in [0.4, 0.5) is 5.13 Å². The molecule has 6 rings (SSSR count). The molecule has 1 amide bonds. The predicted octanol–water partition coefficient (Wildman–Crippen LogP) is 5.60. The average molecular weight is 585 g/mol. The van der Waals surface area contributed by atoms with E-state index >= 15 is 0 Å². The number of sulfonamides is 1. The standard InChI is InChI=1S/C31H28N4O4S2/c1-21-9-14-27(39-2)28-29(21)40-31(33-28)35(19-22-6-5-16-32-18-22)30(36)24-10-12-26(13-11-24)41(37,38)34-17-15-23-7-3-4-8-25(23)20-34/h3-14,16,18H,15,17,19-20H2,1-2H3. The van der Waals surface area contributed by atoms with Crippen molar-refractivity contribution in [1.82, 2.24) is 14.3 Å². The normalized spacial score (nSPS) is 13.6. The van der Waals surface area contributed by atoms with Crippen LogP contribution in [-0.4, -0.2) is 42.3 Å². The van der Waals surface area contributed by atoms with Crippen molar-refractivity contribution in [2.75, 3.05) is 18.6 Å². The third-order valence-electron chi connectivity index (χ3n) is 7.29. The first-order chi connectivity index (χ1) is 19.8. The van der Waals surface area contributed by atoms with Crippen LogP contribution in [0.3, 0.4) is 0 Å². The zero-order chi connectivity index (χ0) is 28.6. The highest BCUT2D eigenvalue weighted by molar-refractivity contribution is 7.89. The lowest BCUT2D eigenvalue weighted by atomic mass is 10.0. The quantitative estimate of drug-likeness (QED) is 0.247. The van der Waals surface area contributed by atoms with E-state index in [4.69, 9.17) is 9.72 Å². The first-order valence-electron chi connectivity index (χ1n) is 13.2. The first kappa shape index (κ1) is 27.1. The van der Waals surface area contributed by atoms with E-state index in [1.807, 2.05) is 55.5 Å². The van der Waals surface area contributed by atoms with Crippen LogP contribution < -0.4 is 9.64 Å². The van der Waals surface area contributed by atoms with E-state index in [-0.39, 0.29) is 17.3 Å². The number of amides is 1. The van der Waals surface area contributed by atoms with E-state index < -0.39 is 10.0 Å². The van der Waals surface area contributed by atoms with Crippen LogP contribution in [0.15, 0.2) is 90.1 Å². The molecular formula is C31H28N4O4S2. The minimum Gasteiger partial charge on any atom is -0.494 e. The predicted molar refractivity (Wildman–Crippen MR) is 160 cm³/mol. The number of aryl methyl sites for hydroxylation is 1. The second kappa shape index (κ2) is 11.0. The lowest BCUT2D eigenvalue weighted by Gasteiger charge is -2.28. The number of fused-ring (bicyclic) bond motifs is 2. The largest absolute Gasteiger partial charge is 0.494 e. The number of nitrogens with zero attached hydrogens (tertiary/aromatic N) is 4. The minimum atomic E-state index is -3.72. The summed E-state index contributed by atoms with van der Waals surface area (Å²) in [6.07, 6.45) is 4.06. The molecular weight excluding hydrogens is 556 g/mol. The Bertz CT molecular complexity index is 1840. The summed E-state index contributed by atoms with van der Waals surface area (Å²) in [4.78, 5) is 24.7. The molecule has 3 heterocycles. The topological polar surface area (TPSA) is 92.7 Å². The van der Waals surface area contributed by atoms with Crippen LogP contribution in [0.1, 0.15) is 32.6 Å². The molecule has 10 heteroatoms. The van der Waals surface area contributed by atoms with Gasteiger partial charge in [-0.3, -0.25) is 14.7 Å². The Labute approximate surface area is 242 Å². The van der Waals surface area contributed by atoms with Crippen LogP contribution in [-0.2, 0) is 29.5 Å². The van der Waals surface area contributed by atoms with Gasteiger partial charge < -0.3 is 4.74 Å². The third kappa shape index (κ3) is 5.21. The molecule has 5 aromatic rings. The van der Waals surface area contributed by atoms with Crippen molar-refractivity contribution in [3.05, 3.63) is 113 Å². The zero-order valence-corrected chi connectivity index (χ0v) is 24.3. The van der Waals surface area contributed by atoms with Crippen molar-refractivity contribution >= 4 is 42.6 Å². The molecule has 0 bridgehead atoms. The van der Waals surface area contributed by atoms with Crippen LogP contribution in [0.2, 0.25) is 0 Å². The number of aromatic nitrogens is 2. The number of methoxy groups -OCH3 is 1. The molecule has 2 aromatic heterocycles. The van der Waals surface area contributed by atoms with Crippen molar-refractivity contribution in [2.24, 2.45) is 0 Å². The summed E-state index contributed by atoms with van der Waals surface area (Å²) >= 11 is 1.42. The number of ether oxygens (including phenoxy) is 1. The Morgan fingerprint density at radius 2 is 1.80 bits per heavy atom. The van der Waals surface area contributed by atoms with Crippen LogP contribution >= 0.6 is 11.3 Å². The summed E-state index contributed by atoms with van der Waals surface area (Å²) in [6.45, 7) is 3.00. The maximum atomic E-state index is 13.9. The molecule has 0 radical (unpaired) electrons. The second-order valence-electron chi connectivity index (χ2n) is 9.89. The SMILES string of the molecule is COc1ccc(C)c2sc(N(Cc3cccnc3)C(=O)c3ccc(S(=O)(=O)N4CCc5ccccc5C4)cc3)nc12. The van der Waals surface area contributed by atoms with Crippen molar-refractivity contribution < 1.29 is 17.9 Å². The van der Waals surface area contributed by atoms with Gasteiger partial charge in [0.1, 0.15) is 11.3 Å². The van der Waals surface area contributed by atoms with E-state index in [0.29, 0.717) is 41.5 Å². The number of pyridine rings is 1. The molecule has 0 aliphatic carbocycles. The Morgan fingerprint density at radius 1 is 1.02 bits per heavy atom. The highest BCUT2D eigenvalue weighted by atomic mass is 32.2. The average Bonchev–Trinajstić information content (AvgIpc) is 3.46. The van der Waals surface area contributed by atoms with Gasteiger partial charge in [0.25, 0.3) is 5.91 Å². The van der Waals surface area contributed by atoms with Crippen molar-refractivity contribution in [2.45, 2.75) is 31.3 Å². The van der Waals surface area contributed by atoms with Gasteiger partial charge in [0, 0.05) is 31.0 Å². The smallest absolute Gasteiger partial charge is 0.260 e. The summed E-state index contributed by atoms with van der Waals surface area (Å²) in [5.41, 5.74) is 5.13. The number of carbonyl (C=O) groups excluding carboxylic acids is 1. The minimum absolute atomic E-state index is 0.160. The van der Waals surface area contributed by atoms with Gasteiger partial charge in [-0.2, -0.15) is 4.31 Å². The van der Waals surface area contributed by atoms with E-state index in [1.54, 1.807) is 36.5 Å². The maximum absolute atomic E-state index is 13.9. The fourth-order valence-corrected chi connectivity index (χ4v) is 7.50. The van der Waals surface area contributed by atoms with Crippen LogP contribution in [0, 0.1) is 6.92 Å². The molecule has 0 saturated heterocycles.